The highest BCUT2D eigenvalue weighted by molar-refractivity contribution is 7.94. The number of carbonyl (C=O) groups is 1. The van der Waals surface area contributed by atoms with Crippen molar-refractivity contribution in [1.29, 1.82) is 0 Å². The molecule has 0 bridgehead atoms. The second kappa shape index (κ2) is 7.51. The van der Waals surface area contributed by atoms with Gasteiger partial charge in [0.15, 0.2) is 0 Å². The summed E-state index contributed by atoms with van der Waals surface area (Å²) in [4.78, 5) is 9.98. The maximum atomic E-state index is 9.98. The van der Waals surface area contributed by atoms with Crippen LogP contribution in [0, 0.1) is 0 Å². The molecule has 0 aliphatic heterocycles. The van der Waals surface area contributed by atoms with Crippen molar-refractivity contribution in [2.75, 3.05) is 0 Å². The number of nitrogens with two attached hydrogens (primary N) is 1. The molecule has 0 saturated heterocycles. The minimum absolute atomic E-state index is 0.193. The Labute approximate surface area is 93.5 Å². The molecule has 0 radical (unpaired) electrons. The first-order valence-electron chi connectivity index (χ1n) is 3.92. The minimum atomic E-state index is -5.12. The molecule has 0 aromatic carbocycles. The van der Waals surface area contributed by atoms with Gasteiger partial charge in [0.1, 0.15) is 0 Å². The van der Waals surface area contributed by atoms with Gasteiger partial charge in [-0.2, -0.15) is 16.8 Å². The summed E-state index contributed by atoms with van der Waals surface area (Å²) in [6, 6.07) is 0. The standard InChI is InChI=1S/C5H11NO.H2O7S2/c1-2-3-4-5(6)7;1-8(2,3)7-9(4,5)6/h2-4H2,1H3,(H2,6,7);(H,1,2,3)(H,4,5,6). The van der Waals surface area contributed by atoms with Gasteiger partial charge in [-0.3, -0.25) is 13.9 Å². The fraction of sp³-hybridized carbons (Fsp3) is 0.800. The van der Waals surface area contributed by atoms with Crippen LogP contribution in [0.3, 0.4) is 0 Å². The molecule has 0 aromatic rings. The summed E-state index contributed by atoms with van der Waals surface area (Å²) in [5, 5.41) is 0. The van der Waals surface area contributed by atoms with Gasteiger partial charge in [0.25, 0.3) is 0 Å². The molecule has 0 unspecified atom stereocenters. The molecule has 9 nitrogen and oxygen atoms in total. The Balaban J connectivity index is 0. The zero-order valence-electron chi connectivity index (χ0n) is 8.36. The lowest BCUT2D eigenvalue weighted by Crippen LogP contribution is -2.10. The van der Waals surface area contributed by atoms with Crippen molar-refractivity contribution >= 4 is 26.7 Å². The van der Waals surface area contributed by atoms with Crippen LogP contribution >= 0.6 is 0 Å². The molecule has 0 saturated carbocycles. The van der Waals surface area contributed by atoms with E-state index in [2.05, 4.69) is 3.63 Å². The molecule has 0 fully saturated rings. The molecular formula is C5H13NO8S2. The second-order valence-corrected chi connectivity index (χ2v) is 4.75. The Morgan fingerprint density at radius 1 is 1.19 bits per heavy atom. The van der Waals surface area contributed by atoms with Crippen LogP contribution < -0.4 is 5.73 Å². The molecule has 0 heterocycles. The van der Waals surface area contributed by atoms with E-state index in [9.17, 15) is 21.6 Å². The van der Waals surface area contributed by atoms with Crippen LogP contribution in [-0.4, -0.2) is 31.8 Å². The van der Waals surface area contributed by atoms with Gasteiger partial charge in [-0.25, -0.2) is 0 Å². The molecule has 4 N–H and O–H groups in total. The van der Waals surface area contributed by atoms with E-state index in [-0.39, 0.29) is 5.91 Å². The molecule has 0 aliphatic rings. The molecule has 98 valence electrons. The third-order valence-electron chi connectivity index (χ3n) is 0.949. The normalized spacial score (nSPS) is 11.4. The van der Waals surface area contributed by atoms with Crippen LogP contribution in [0.15, 0.2) is 0 Å². The Morgan fingerprint density at radius 3 is 1.62 bits per heavy atom. The van der Waals surface area contributed by atoms with Crippen molar-refractivity contribution in [2.24, 2.45) is 5.73 Å². The van der Waals surface area contributed by atoms with Gasteiger partial charge in [-0.05, 0) is 6.42 Å². The topological polar surface area (TPSA) is 161 Å². The lowest BCUT2D eigenvalue weighted by atomic mass is 10.2. The minimum Gasteiger partial charge on any atom is -0.370 e. The number of rotatable bonds is 5. The molecule has 0 rings (SSSR count). The van der Waals surface area contributed by atoms with Gasteiger partial charge >= 0.3 is 20.8 Å². The van der Waals surface area contributed by atoms with Crippen LogP contribution in [0.4, 0.5) is 0 Å². The van der Waals surface area contributed by atoms with Crippen molar-refractivity contribution < 1.29 is 34.4 Å². The van der Waals surface area contributed by atoms with Gasteiger partial charge in [-0.15, -0.1) is 3.63 Å². The summed E-state index contributed by atoms with van der Waals surface area (Å²) in [6.45, 7) is 2.03. The Kier molecular flexibility index (Phi) is 8.28. The van der Waals surface area contributed by atoms with Crippen molar-refractivity contribution in [2.45, 2.75) is 26.2 Å². The van der Waals surface area contributed by atoms with Crippen LogP contribution in [0.5, 0.6) is 0 Å². The fourth-order valence-corrected chi connectivity index (χ4v) is 1.33. The van der Waals surface area contributed by atoms with Crippen molar-refractivity contribution in [1.82, 2.24) is 0 Å². The van der Waals surface area contributed by atoms with Crippen LogP contribution in [0.1, 0.15) is 26.2 Å². The first-order chi connectivity index (χ1) is 6.98. The zero-order valence-corrected chi connectivity index (χ0v) is 9.99. The van der Waals surface area contributed by atoms with E-state index in [1.165, 1.54) is 0 Å². The largest absolute Gasteiger partial charge is 0.413 e. The highest BCUT2D eigenvalue weighted by atomic mass is 32.3. The zero-order chi connectivity index (χ0) is 13.4. The van der Waals surface area contributed by atoms with Crippen LogP contribution in [0.25, 0.3) is 0 Å². The molecule has 0 spiro atoms. The quantitative estimate of drug-likeness (QED) is 0.555. The summed E-state index contributed by atoms with van der Waals surface area (Å²) < 4.78 is 55.6. The second-order valence-electron chi connectivity index (χ2n) is 2.49. The smallest absolute Gasteiger partial charge is 0.370 e. The van der Waals surface area contributed by atoms with Gasteiger partial charge in [0, 0.05) is 6.42 Å². The molecule has 1 amide bonds. The van der Waals surface area contributed by atoms with Gasteiger partial charge < -0.3 is 5.73 Å². The third kappa shape index (κ3) is 23.2. The monoisotopic (exact) mass is 279 g/mol. The highest BCUT2D eigenvalue weighted by Gasteiger charge is 2.15. The fourth-order valence-electron chi connectivity index (χ4n) is 0.460. The Morgan fingerprint density at radius 2 is 1.56 bits per heavy atom. The van der Waals surface area contributed by atoms with Gasteiger partial charge in [0.2, 0.25) is 5.91 Å². The van der Waals surface area contributed by atoms with Gasteiger partial charge in [0.05, 0.1) is 0 Å². The number of primary amides is 1. The molecular weight excluding hydrogens is 266 g/mol. The van der Waals surface area contributed by atoms with Crippen molar-refractivity contribution in [3.05, 3.63) is 0 Å². The number of unbranched alkanes of at least 4 members (excludes halogenated alkanes) is 1. The molecule has 0 aromatic heterocycles. The molecule has 0 aliphatic carbocycles. The van der Waals surface area contributed by atoms with E-state index in [4.69, 9.17) is 14.8 Å². The number of amides is 1. The maximum Gasteiger partial charge on any atom is 0.413 e. The van der Waals surface area contributed by atoms with E-state index in [0.29, 0.717) is 6.42 Å². The molecule has 16 heavy (non-hydrogen) atoms. The predicted octanol–water partition coefficient (Wildman–Crippen LogP) is -0.729. The summed E-state index contributed by atoms with van der Waals surface area (Å²) in [5.41, 5.74) is 4.84. The van der Waals surface area contributed by atoms with Crippen LogP contribution in [-0.2, 0) is 29.2 Å². The summed E-state index contributed by atoms with van der Waals surface area (Å²) in [5.74, 6) is -0.193. The lowest BCUT2D eigenvalue weighted by molar-refractivity contribution is -0.118. The van der Waals surface area contributed by atoms with Crippen molar-refractivity contribution in [3.8, 4) is 0 Å². The van der Waals surface area contributed by atoms with E-state index < -0.39 is 20.8 Å². The predicted molar refractivity (Wildman–Crippen MR) is 52.9 cm³/mol. The third-order valence-corrected chi connectivity index (χ3v) is 2.32. The first-order valence-corrected chi connectivity index (χ1v) is 6.65. The number of carbonyl (C=O) groups excluding carboxylic acids is 1. The van der Waals surface area contributed by atoms with Gasteiger partial charge in [-0.1, -0.05) is 13.3 Å². The Bertz CT molecular complexity index is 366. The number of hydrogen-bond donors (Lipinski definition) is 3. The molecule has 0 atom stereocenters. The average molecular weight is 279 g/mol. The summed E-state index contributed by atoms with van der Waals surface area (Å²) in [7, 11) is -10.2. The Hall–Kier alpha value is -0.750. The highest BCUT2D eigenvalue weighted by Crippen LogP contribution is 1.92. The van der Waals surface area contributed by atoms with E-state index in [0.717, 1.165) is 12.8 Å². The van der Waals surface area contributed by atoms with E-state index >= 15 is 0 Å². The lowest BCUT2D eigenvalue weighted by Gasteiger charge is -1.89. The van der Waals surface area contributed by atoms with E-state index in [1.807, 2.05) is 6.92 Å². The van der Waals surface area contributed by atoms with Crippen LogP contribution in [0.2, 0.25) is 0 Å². The average Bonchev–Trinajstić information content (AvgIpc) is 1.94. The van der Waals surface area contributed by atoms with E-state index in [1.54, 1.807) is 0 Å². The summed E-state index contributed by atoms with van der Waals surface area (Å²) in [6.07, 6.45) is 2.51. The SMILES string of the molecule is CCCCC(N)=O.O=S(=O)(O)OS(=O)(=O)O. The molecule has 11 heteroatoms. The number of hydrogen-bond acceptors (Lipinski definition) is 6. The first kappa shape index (κ1) is 17.6. The summed E-state index contributed by atoms with van der Waals surface area (Å²) >= 11 is 0. The maximum absolute atomic E-state index is 9.98. The van der Waals surface area contributed by atoms with Crippen molar-refractivity contribution in [3.63, 3.8) is 0 Å².